The summed E-state index contributed by atoms with van der Waals surface area (Å²) >= 11 is 0. The van der Waals surface area contributed by atoms with E-state index in [1.807, 2.05) is 34.5 Å². The van der Waals surface area contributed by atoms with Gasteiger partial charge >= 0.3 is 0 Å². The minimum atomic E-state index is -0.670. The number of carbonyl (C=O) groups is 2. The molecule has 2 amide bonds. The summed E-state index contributed by atoms with van der Waals surface area (Å²) in [5, 5.41) is 0. The highest BCUT2D eigenvalue weighted by Crippen LogP contribution is 2.50. The van der Waals surface area contributed by atoms with Crippen LogP contribution in [0.15, 0.2) is 61.6 Å². The van der Waals surface area contributed by atoms with Crippen LogP contribution in [-0.4, -0.2) is 60.8 Å². The number of rotatable bonds is 5. The number of nitrogens with zero attached hydrogens (tertiary/aromatic N) is 6. The molecule has 0 aromatic carbocycles. The van der Waals surface area contributed by atoms with Crippen molar-refractivity contribution in [2.24, 2.45) is 5.41 Å². The number of imidazole rings is 1. The van der Waals surface area contributed by atoms with Crippen molar-refractivity contribution in [3.05, 3.63) is 78.4 Å². The van der Waals surface area contributed by atoms with Crippen molar-refractivity contribution in [3.63, 3.8) is 0 Å². The molecule has 2 aliphatic rings. The van der Waals surface area contributed by atoms with Gasteiger partial charge in [0.2, 0.25) is 5.91 Å². The van der Waals surface area contributed by atoms with E-state index >= 15 is 0 Å². The van der Waals surface area contributed by atoms with Crippen LogP contribution < -0.4 is 0 Å². The fraction of sp³-hybridized carbons (Fsp3) is 0.400. The second kappa shape index (κ2) is 8.42. The maximum Gasteiger partial charge on any atom is 0.255 e. The monoisotopic (exact) mass is 444 g/mol. The number of likely N-dealkylation sites (tertiary alicyclic amines) is 2. The molecule has 3 aromatic rings. The molecule has 2 saturated heterocycles. The number of carbonyl (C=O) groups excluding carboxylic acids is 2. The van der Waals surface area contributed by atoms with Gasteiger partial charge in [-0.05, 0) is 44.0 Å². The van der Waals surface area contributed by atoms with Crippen molar-refractivity contribution in [2.45, 2.75) is 38.8 Å². The van der Waals surface area contributed by atoms with Gasteiger partial charge in [0.25, 0.3) is 5.91 Å². The zero-order valence-corrected chi connectivity index (χ0v) is 19.0. The summed E-state index contributed by atoms with van der Waals surface area (Å²) < 4.78 is 2.06. The summed E-state index contributed by atoms with van der Waals surface area (Å²) in [5.74, 6) is -0.145. The minimum absolute atomic E-state index is 0.0909. The largest absolute Gasteiger partial charge is 0.338 e. The molecule has 2 aliphatic heterocycles. The summed E-state index contributed by atoms with van der Waals surface area (Å²) in [5.41, 5.74) is 1.75. The molecule has 170 valence electrons. The fourth-order valence-corrected chi connectivity index (χ4v) is 5.12. The van der Waals surface area contributed by atoms with Gasteiger partial charge in [0, 0.05) is 69.1 Å². The third-order valence-corrected chi connectivity index (χ3v) is 6.95. The molecule has 1 spiro atoms. The molecule has 3 aromatic heterocycles. The first-order valence-corrected chi connectivity index (χ1v) is 11.4. The first kappa shape index (κ1) is 21.3. The van der Waals surface area contributed by atoms with E-state index in [0.717, 1.165) is 11.3 Å². The van der Waals surface area contributed by atoms with Gasteiger partial charge in [-0.3, -0.25) is 19.6 Å². The second-order valence-electron chi connectivity index (χ2n) is 9.31. The number of amides is 2. The van der Waals surface area contributed by atoms with Crippen molar-refractivity contribution in [3.8, 4) is 0 Å². The van der Waals surface area contributed by atoms with E-state index in [9.17, 15) is 9.59 Å². The Bertz CT molecular complexity index is 1150. The zero-order valence-electron chi connectivity index (χ0n) is 19.0. The van der Waals surface area contributed by atoms with Gasteiger partial charge in [-0.25, -0.2) is 4.98 Å². The second-order valence-corrected chi connectivity index (χ2v) is 9.31. The minimum Gasteiger partial charge on any atom is -0.338 e. The lowest BCUT2D eigenvalue weighted by atomic mass is 9.75. The van der Waals surface area contributed by atoms with Crippen LogP contribution in [0.2, 0.25) is 0 Å². The number of pyridine rings is 2. The molecule has 0 saturated carbocycles. The van der Waals surface area contributed by atoms with E-state index in [4.69, 9.17) is 0 Å². The van der Waals surface area contributed by atoms with Gasteiger partial charge in [0.15, 0.2) is 0 Å². The molecule has 8 heteroatoms. The molecule has 33 heavy (non-hydrogen) atoms. The van der Waals surface area contributed by atoms with Crippen LogP contribution in [0.25, 0.3) is 0 Å². The van der Waals surface area contributed by atoms with Gasteiger partial charge in [-0.2, -0.15) is 0 Å². The number of aromatic nitrogens is 4. The zero-order chi connectivity index (χ0) is 23.0. The van der Waals surface area contributed by atoms with Crippen LogP contribution in [0.1, 0.15) is 53.8 Å². The Morgan fingerprint density at radius 2 is 1.97 bits per heavy atom. The van der Waals surface area contributed by atoms with E-state index in [0.29, 0.717) is 38.2 Å². The van der Waals surface area contributed by atoms with Crippen LogP contribution in [0.4, 0.5) is 0 Å². The Morgan fingerprint density at radius 1 is 1.18 bits per heavy atom. The highest BCUT2D eigenvalue weighted by atomic mass is 16.2. The maximum absolute atomic E-state index is 13.9. The summed E-state index contributed by atoms with van der Waals surface area (Å²) in [6.45, 7) is 6.24. The van der Waals surface area contributed by atoms with Crippen LogP contribution >= 0.6 is 0 Å². The van der Waals surface area contributed by atoms with Gasteiger partial charge in [-0.15, -0.1) is 0 Å². The van der Waals surface area contributed by atoms with Crippen LogP contribution in [-0.2, 0) is 11.3 Å². The molecule has 2 atom stereocenters. The summed E-state index contributed by atoms with van der Waals surface area (Å²) in [6, 6.07) is 7.68. The van der Waals surface area contributed by atoms with Crippen molar-refractivity contribution in [1.82, 2.24) is 29.3 Å². The van der Waals surface area contributed by atoms with Crippen molar-refractivity contribution < 1.29 is 9.59 Å². The average Bonchev–Trinajstić information content (AvgIpc) is 3.55. The van der Waals surface area contributed by atoms with Crippen molar-refractivity contribution >= 4 is 11.8 Å². The molecule has 5 rings (SSSR count). The predicted molar refractivity (Wildman–Crippen MR) is 122 cm³/mol. The van der Waals surface area contributed by atoms with Gasteiger partial charge in [0.1, 0.15) is 0 Å². The molecule has 0 N–H and O–H groups in total. The third kappa shape index (κ3) is 3.79. The highest BCUT2D eigenvalue weighted by molar-refractivity contribution is 5.96. The quantitative estimate of drug-likeness (QED) is 0.604. The lowest BCUT2D eigenvalue weighted by Gasteiger charge is -2.27. The third-order valence-electron chi connectivity index (χ3n) is 6.95. The predicted octanol–water partition coefficient (Wildman–Crippen LogP) is 2.91. The Morgan fingerprint density at radius 3 is 2.64 bits per heavy atom. The molecule has 8 nitrogen and oxygen atoms in total. The summed E-state index contributed by atoms with van der Waals surface area (Å²) in [4.78, 5) is 43.8. The molecule has 5 heterocycles. The summed E-state index contributed by atoms with van der Waals surface area (Å²) in [7, 11) is 0. The molecule has 0 aliphatic carbocycles. The number of hydrogen-bond acceptors (Lipinski definition) is 5. The summed E-state index contributed by atoms with van der Waals surface area (Å²) in [6.07, 6.45) is 11.3. The lowest BCUT2D eigenvalue weighted by molar-refractivity contribution is -0.136. The van der Waals surface area contributed by atoms with Gasteiger partial charge in [-0.1, -0.05) is 6.07 Å². The van der Waals surface area contributed by atoms with E-state index < -0.39 is 5.41 Å². The van der Waals surface area contributed by atoms with Crippen LogP contribution in [0.3, 0.4) is 0 Å². The van der Waals surface area contributed by atoms with Gasteiger partial charge < -0.3 is 14.4 Å². The Hall–Kier alpha value is -3.55. The normalized spacial score (nSPS) is 22.6. The molecular weight excluding hydrogens is 416 g/mol. The SMILES string of the molecule is CC(C)n1cnc(C2CN(C(=O)c3cccnc3)CC23CCN(Cc2cccnc2)C3=O)c1. The van der Waals surface area contributed by atoms with E-state index in [1.54, 1.807) is 36.9 Å². The van der Waals surface area contributed by atoms with Gasteiger partial charge in [0.05, 0.1) is 23.0 Å². The van der Waals surface area contributed by atoms with E-state index in [2.05, 4.69) is 33.4 Å². The van der Waals surface area contributed by atoms with E-state index in [1.165, 1.54) is 0 Å². The number of hydrogen-bond donors (Lipinski definition) is 0. The maximum atomic E-state index is 13.9. The first-order valence-electron chi connectivity index (χ1n) is 11.4. The van der Waals surface area contributed by atoms with Crippen molar-refractivity contribution in [2.75, 3.05) is 19.6 Å². The first-order chi connectivity index (χ1) is 16.0. The Kier molecular flexibility index (Phi) is 5.44. The molecule has 0 bridgehead atoms. The lowest BCUT2D eigenvalue weighted by Crippen LogP contribution is -2.40. The highest BCUT2D eigenvalue weighted by Gasteiger charge is 2.58. The topological polar surface area (TPSA) is 84.2 Å². The molecule has 2 fully saturated rings. The molecular formula is C25H28N6O2. The van der Waals surface area contributed by atoms with Crippen LogP contribution in [0.5, 0.6) is 0 Å². The standard InChI is InChI=1S/C25H28N6O2/c1-18(2)31-15-22(28-17-31)21-14-30(23(32)20-6-4-9-27-12-20)16-25(21)7-10-29(24(25)33)13-19-5-3-8-26-11-19/h3-6,8-9,11-12,15,17-18,21H,7,10,13-14,16H2,1-2H3. The smallest absolute Gasteiger partial charge is 0.255 e. The fourth-order valence-electron chi connectivity index (χ4n) is 5.12. The van der Waals surface area contributed by atoms with Crippen LogP contribution in [0, 0.1) is 5.41 Å². The molecule has 2 unspecified atom stereocenters. The average molecular weight is 445 g/mol. The van der Waals surface area contributed by atoms with E-state index in [-0.39, 0.29) is 23.8 Å². The van der Waals surface area contributed by atoms with Crippen molar-refractivity contribution in [1.29, 1.82) is 0 Å². The Balaban J connectivity index is 1.47. The Labute approximate surface area is 193 Å². The molecule has 0 radical (unpaired) electrons.